The molecule has 0 spiro atoms. The van der Waals surface area contributed by atoms with Crippen LogP contribution < -0.4 is 5.32 Å². The zero-order valence-electron chi connectivity index (χ0n) is 12.4. The van der Waals surface area contributed by atoms with Crippen LogP contribution in [0.25, 0.3) is 0 Å². The van der Waals surface area contributed by atoms with Crippen LogP contribution in [0.2, 0.25) is 0 Å². The predicted molar refractivity (Wildman–Crippen MR) is 72.7 cm³/mol. The van der Waals surface area contributed by atoms with Crippen molar-refractivity contribution in [2.24, 2.45) is 0 Å². The maximum atomic E-state index is 9.97. The lowest BCUT2D eigenvalue weighted by Crippen LogP contribution is -2.62. The maximum Gasteiger partial charge on any atom is 0.0969 e. The Morgan fingerprint density at radius 1 is 1.11 bits per heavy atom. The zero-order valence-corrected chi connectivity index (χ0v) is 12.4. The molecule has 2 aliphatic rings. The van der Waals surface area contributed by atoms with Gasteiger partial charge in [0.05, 0.1) is 12.2 Å². The van der Waals surface area contributed by atoms with Crippen LogP contribution in [-0.2, 0) is 4.74 Å². The molecule has 4 heteroatoms. The van der Waals surface area contributed by atoms with Crippen molar-refractivity contribution < 1.29 is 9.84 Å². The third-order valence-corrected chi connectivity index (χ3v) is 4.25. The second kappa shape index (κ2) is 4.75. The number of hydrogen-bond acceptors (Lipinski definition) is 4. The summed E-state index contributed by atoms with van der Waals surface area (Å²) in [7, 11) is 1.69. The van der Waals surface area contributed by atoms with E-state index in [4.69, 9.17) is 4.74 Å². The second-order valence-electron chi connectivity index (χ2n) is 7.25. The SMILES string of the molecule is CO[C@H]1CN(C2CC(C)(C)NC(C)(C)C2)C[C@@H]1O. The van der Waals surface area contributed by atoms with Crippen molar-refractivity contribution in [3.8, 4) is 0 Å². The van der Waals surface area contributed by atoms with Gasteiger partial charge in [0, 0.05) is 37.3 Å². The minimum absolute atomic E-state index is 0.0221. The van der Waals surface area contributed by atoms with E-state index in [0.29, 0.717) is 6.04 Å². The number of hydrogen-bond donors (Lipinski definition) is 2. The van der Waals surface area contributed by atoms with Gasteiger partial charge >= 0.3 is 0 Å². The van der Waals surface area contributed by atoms with Crippen LogP contribution in [0.1, 0.15) is 40.5 Å². The summed E-state index contributed by atoms with van der Waals surface area (Å²) in [5, 5.41) is 13.7. The molecule has 2 atom stereocenters. The van der Waals surface area contributed by atoms with Crippen molar-refractivity contribution in [2.45, 2.75) is 69.9 Å². The van der Waals surface area contributed by atoms with E-state index in [1.807, 2.05) is 0 Å². The van der Waals surface area contributed by atoms with Crippen LogP contribution in [0, 0.1) is 0 Å². The fourth-order valence-electron chi connectivity index (χ4n) is 3.84. The van der Waals surface area contributed by atoms with Crippen LogP contribution in [0.3, 0.4) is 0 Å². The van der Waals surface area contributed by atoms with E-state index < -0.39 is 0 Å². The Morgan fingerprint density at radius 3 is 2.11 bits per heavy atom. The highest BCUT2D eigenvalue weighted by atomic mass is 16.5. The molecule has 106 valence electrons. The van der Waals surface area contributed by atoms with E-state index in [2.05, 4.69) is 37.9 Å². The van der Waals surface area contributed by atoms with Crippen molar-refractivity contribution in [1.82, 2.24) is 10.2 Å². The first-order valence-electron chi connectivity index (χ1n) is 6.97. The number of likely N-dealkylation sites (tertiary alicyclic amines) is 1. The van der Waals surface area contributed by atoms with E-state index in [9.17, 15) is 5.11 Å². The fraction of sp³-hybridized carbons (Fsp3) is 1.00. The van der Waals surface area contributed by atoms with Gasteiger partial charge in [0.15, 0.2) is 0 Å². The van der Waals surface area contributed by atoms with Crippen LogP contribution >= 0.6 is 0 Å². The number of nitrogens with one attached hydrogen (secondary N) is 1. The van der Waals surface area contributed by atoms with Gasteiger partial charge < -0.3 is 15.2 Å². The van der Waals surface area contributed by atoms with E-state index in [0.717, 1.165) is 25.9 Å². The Balaban J connectivity index is 2.05. The molecule has 0 unspecified atom stereocenters. The lowest BCUT2D eigenvalue weighted by molar-refractivity contribution is 0.0210. The van der Waals surface area contributed by atoms with E-state index in [1.54, 1.807) is 7.11 Å². The van der Waals surface area contributed by atoms with E-state index in [-0.39, 0.29) is 23.3 Å². The zero-order chi connectivity index (χ0) is 13.6. The van der Waals surface area contributed by atoms with E-state index >= 15 is 0 Å². The van der Waals surface area contributed by atoms with Crippen molar-refractivity contribution in [2.75, 3.05) is 20.2 Å². The first-order valence-corrected chi connectivity index (χ1v) is 6.97. The molecule has 0 bridgehead atoms. The standard InChI is InChI=1S/C14H28N2O2/c1-13(2)6-10(7-14(3,4)15-13)16-8-11(17)12(9-16)18-5/h10-12,15,17H,6-9H2,1-5H3/t11-,12-/m0/s1. The molecule has 2 rings (SSSR count). The molecule has 0 aromatic rings. The number of β-amino-alcohol motifs (C(OH)–C–C–N with tert-alkyl or cyclic N) is 1. The number of ether oxygens (including phenoxy) is 1. The number of methoxy groups -OCH3 is 1. The highest BCUT2D eigenvalue weighted by Crippen LogP contribution is 2.33. The van der Waals surface area contributed by atoms with E-state index in [1.165, 1.54) is 0 Å². The number of piperidine rings is 1. The molecule has 0 aliphatic carbocycles. The minimum Gasteiger partial charge on any atom is -0.389 e. The molecule has 2 heterocycles. The fourth-order valence-corrected chi connectivity index (χ4v) is 3.84. The summed E-state index contributed by atoms with van der Waals surface area (Å²) in [5.41, 5.74) is 0.311. The molecule has 2 fully saturated rings. The monoisotopic (exact) mass is 256 g/mol. The van der Waals surface area contributed by atoms with Crippen LogP contribution in [0.5, 0.6) is 0 Å². The van der Waals surface area contributed by atoms with Gasteiger partial charge in [0.25, 0.3) is 0 Å². The lowest BCUT2D eigenvalue weighted by Gasteiger charge is -2.49. The summed E-state index contributed by atoms with van der Waals surface area (Å²) in [6.45, 7) is 10.7. The highest BCUT2D eigenvalue weighted by molar-refractivity contribution is 5.02. The van der Waals surface area contributed by atoms with Gasteiger partial charge in [-0.3, -0.25) is 4.90 Å². The molecule has 2 aliphatic heterocycles. The predicted octanol–water partition coefficient (Wildman–Crippen LogP) is 0.987. The quantitative estimate of drug-likeness (QED) is 0.773. The molecule has 0 saturated carbocycles. The van der Waals surface area contributed by atoms with Gasteiger partial charge in [-0.1, -0.05) is 0 Å². The molecule has 4 nitrogen and oxygen atoms in total. The molecule has 2 N–H and O–H groups in total. The summed E-state index contributed by atoms with van der Waals surface area (Å²) >= 11 is 0. The summed E-state index contributed by atoms with van der Waals surface area (Å²) in [5.74, 6) is 0. The van der Waals surface area contributed by atoms with Crippen molar-refractivity contribution >= 4 is 0 Å². The summed E-state index contributed by atoms with van der Waals surface area (Å²) < 4.78 is 5.34. The van der Waals surface area contributed by atoms with Gasteiger partial charge in [-0.2, -0.15) is 0 Å². The Morgan fingerprint density at radius 2 is 1.67 bits per heavy atom. The molecule has 0 aromatic carbocycles. The normalized spacial score (nSPS) is 37.0. The topological polar surface area (TPSA) is 44.7 Å². The molecular weight excluding hydrogens is 228 g/mol. The van der Waals surface area contributed by atoms with Crippen molar-refractivity contribution in [1.29, 1.82) is 0 Å². The van der Waals surface area contributed by atoms with Gasteiger partial charge in [0.1, 0.15) is 0 Å². The molecule has 18 heavy (non-hydrogen) atoms. The Bertz CT molecular complexity index is 288. The maximum absolute atomic E-state index is 9.97. The van der Waals surface area contributed by atoms with Crippen molar-refractivity contribution in [3.63, 3.8) is 0 Å². The summed E-state index contributed by atoms with van der Waals surface area (Å²) in [6, 6.07) is 0.533. The smallest absolute Gasteiger partial charge is 0.0969 e. The third kappa shape index (κ3) is 3.05. The number of aliphatic hydroxyl groups excluding tert-OH is 1. The average molecular weight is 256 g/mol. The number of nitrogens with zero attached hydrogens (tertiary/aromatic N) is 1. The van der Waals surface area contributed by atoms with Gasteiger partial charge in [-0.25, -0.2) is 0 Å². The Kier molecular flexibility index (Phi) is 3.76. The second-order valence-corrected chi connectivity index (χ2v) is 7.25. The molecule has 2 saturated heterocycles. The van der Waals surface area contributed by atoms with Crippen molar-refractivity contribution in [3.05, 3.63) is 0 Å². The number of rotatable bonds is 2. The van der Waals surface area contributed by atoms with Gasteiger partial charge in [-0.05, 0) is 40.5 Å². The van der Waals surface area contributed by atoms with Gasteiger partial charge in [0.2, 0.25) is 0 Å². The Labute approximate surface area is 111 Å². The summed E-state index contributed by atoms with van der Waals surface area (Å²) in [6.07, 6.45) is 1.89. The highest BCUT2D eigenvalue weighted by Gasteiger charge is 2.43. The molecule has 0 aromatic heterocycles. The minimum atomic E-state index is -0.337. The van der Waals surface area contributed by atoms with Crippen LogP contribution in [0.15, 0.2) is 0 Å². The summed E-state index contributed by atoms with van der Waals surface area (Å²) in [4.78, 5) is 2.41. The van der Waals surface area contributed by atoms with Crippen LogP contribution in [0.4, 0.5) is 0 Å². The first-order chi connectivity index (χ1) is 8.22. The van der Waals surface area contributed by atoms with Gasteiger partial charge in [-0.15, -0.1) is 0 Å². The number of aliphatic hydroxyl groups is 1. The lowest BCUT2D eigenvalue weighted by atomic mass is 9.79. The first kappa shape index (κ1) is 14.3. The Hall–Kier alpha value is -0.160. The van der Waals surface area contributed by atoms with Crippen LogP contribution in [-0.4, -0.2) is 59.5 Å². The third-order valence-electron chi connectivity index (χ3n) is 4.25. The molecule has 0 amide bonds. The molecular formula is C14H28N2O2. The molecule has 0 radical (unpaired) electrons. The average Bonchev–Trinajstić information content (AvgIpc) is 2.55. The largest absolute Gasteiger partial charge is 0.389 e.